The molecule has 0 bridgehead atoms. The summed E-state index contributed by atoms with van der Waals surface area (Å²) in [6.07, 6.45) is 11.8. The summed E-state index contributed by atoms with van der Waals surface area (Å²) < 4.78 is 14.1. The van der Waals surface area contributed by atoms with Crippen molar-refractivity contribution in [2.45, 2.75) is 27.7 Å². The van der Waals surface area contributed by atoms with Gasteiger partial charge in [-0.25, -0.2) is 9.37 Å². The lowest BCUT2D eigenvalue weighted by Gasteiger charge is -2.06. The van der Waals surface area contributed by atoms with Crippen LogP contribution < -0.4 is 15.9 Å². The number of benzene rings is 1. The first-order valence-electron chi connectivity index (χ1n) is 12.6. The Bertz CT molecular complexity index is 1660. The summed E-state index contributed by atoms with van der Waals surface area (Å²) in [5.74, 6) is 0.264. The van der Waals surface area contributed by atoms with Crippen molar-refractivity contribution in [3.05, 3.63) is 100 Å². The van der Waals surface area contributed by atoms with Crippen molar-refractivity contribution < 1.29 is 4.39 Å². The van der Waals surface area contributed by atoms with Gasteiger partial charge in [0, 0.05) is 23.5 Å². The van der Waals surface area contributed by atoms with Crippen LogP contribution in [0.3, 0.4) is 0 Å². The van der Waals surface area contributed by atoms with Gasteiger partial charge in [0.1, 0.15) is 17.0 Å². The minimum atomic E-state index is -0.305. The van der Waals surface area contributed by atoms with Crippen LogP contribution in [0.4, 0.5) is 4.39 Å². The molecule has 6 nitrogen and oxygen atoms in total. The van der Waals surface area contributed by atoms with Gasteiger partial charge in [-0.2, -0.15) is 5.10 Å². The maximum Gasteiger partial charge on any atom is 0.159 e. The molecule has 194 valence electrons. The molecule has 0 atom stereocenters. The van der Waals surface area contributed by atoms with Crippen molar-refractivity contribution in [1.29, 1.82) is 0 Å². The topological polar surface area (TPSA) is 82.3 Å². The fraction of sp³-hybridized carbons (Fsp3) is 0.194. The van der Waals surface area contributed by atoms with E-state index in [1.165, 1.54) is 12.1 Å². The van der Waals surface area contributed by atoms with Crippen molar-refractivity contribution in [3.8, 4) is 22.8 Å². The molecule has 0 aliphatic carbocycles. The number of rotatable bonds is 9. The van der Waals surface area contributed by atoms with E-state index in [2.05, 4.69) is 64.6 Å². The fourth-order valence-corrected chi connectivity index (χ4v) is 4.22. The Labute approximate surface area is 222 Å². The maximum absolute atomic E-state index is 14.1. The maximum atomic E-state index is 14.1. The zero-order valence-electron chi connectivity index (χ0n) is 22.3. The van der Waals surface area contributed by atoms with E-state index in [4.69, 9.17) is 4.98 Å². The monoisotopic (exact) mass is 508 g/mol. The number of aromatic amines is 2. The Kier molecular flexibility index (Phi) is 8.28. The van der Waals surface area contributed by atoms with Gasteiger partial charge in [0.15, 0.2) is 5.82 Å². The standard InChI is InChI=1S/C31H33FN6/c1-7-22(18-33-9-3)16-23(8-2)20(5)10-11-26-21(6)28(38-37-26)31-35-27-12-13-34-29(30(27)36-31)24-14-19(4)15-25(32)17-24/h7-8,10-17,33,37H,1,6,9,18H2,2-5H3,(H,35,36)/b20-10+,22-16+,23-8+,26-11+. The summed E-state index contributed by atoms with van der Waals surface area (Å²) in [5.41, 5.74) is 7.50. The summed E-state index contributed by atoms with van der Waals surface area (Å²) in [6.45, 7) is 17.9. The van der Waals surface area contributed by atoms with Gasteiger partial charge in [-0.15, -0.1) is 0 Å². The van der Waals surface area contributed by atoms with Crippen molar-refractivity contribution in [2.24, 2.45) is 0 Å². The molecular formula is C31H33FN6. The van der Waals surface area contributed by atoms with Crippen LogP contribution in [-0.4, -0.2) is 38.2 Å². The molecule has 3 heterocycles. The molecule has 7 heteroatoms. The molecule has 38 heavy (non-hydrogen) atoms. The van der Waals surface area contributed by atoms with Crippen LogP contribution in [0.2, 0.25) is 0 Å². The smallest absolute Gasteiger partial charge is 0.159 e. The van der Waals surface area contributed by atoms with Crippen LogP contribution >= 0.6 is 0 Å². The number of hydrogen-bond acceptors (Lipinski definition) is 4. The second kappa shape index (κ2) is 11.8. The van der Waals surface area contributed by atoms with Crippen LogP contribution in [0.25, 0.3) is 46.5 Å². The number of allylic oxidation sites excluding steroid dienone is 5. The zero-order chi connectivity index (χ0) is 27.2. The average Bonchev–Trinajstić information content (AvgIpc) is 3.49. The summed E-state index contributed by atoms with van der Waals surface area (Å²) in [6, 6.07) is 6.70. The number of nitrogens with zero attached hydrogens (tertiary/aromatic N) is 3. The second-order valence-corrected chi connectivity index (χ2v) is 9.09. The Morgan fingerprint density at radius 3 is 2.74 bits per heavy atom. The summed E-state index contributed by atoms with van der Waals surface area (Å²) in [7, 11) is 0. The third-order valence-electron chi connectivity index (χ3n) is 6.29. The molecule has 0 fully saturated rings. The predicted molar refractivity (Wildman–Crippen MR) is 155 cm³/mol. The molecule has 0 radical (unpaired) electrons. The first-order chi connectivity index (χ1) is 18.3. The number of aryl methyl sites for hydroxylation is 1. The third-order valence-corrected chi connectivity index (χ3v) is 6.29. The van der Waals surface area contributed by atoms with Crippen LogP contribution in [0.5, 0.6) is 0 Å². The van der Waals surface area contributed by atoms with Gasteiger partial charge >= 0.3 is 0 Å². The van der Waals surface area contributed by atoms with E-state index in [1.54, 1.807) is 6.20 Å². The molecule has 4 aromatic rings. The number of hydrogen-bond donors (Lipinski definition) is 3. The van der Waals surface area contributed by atoms with Gasteiger partial charge in [0.2, 0.25) is 0 Å². The first kappa shape index (κ1) is 26.7. The largest absolute Gasteiger partial charge is 0.336 e. The molecule has 4 rings (SSSR count). The minimum Gasteiger partial charge on any atom is -0.336 e. The van der Waals surface area contributed by atoms with E-state index in [0.717, 1.165) is 51.5 Å². The number of fused-ring (bicyclic) bond motifs is 1. The van der Waals surface area contributed by atoms with Gasteiger partial charge in [0.25, 0.3) is 0 Å². The minimum absolute atomic E-state index is 0.305. The van der Waals surface area contributed by atoms with Crippen molar-refractivity contribution in [1.82, 2.24) is 30.5 Å². The first-order valence-corrected chi connectivity index (χ1v) is 12.6. The quantitative estimate of drug-likeness (QED) is 0.269. The number of pyridine rings is 1. The fourth-order valence-electron chi connectivity index (χ4n) is 4.22. The van der Waals surface area contributed by atoms with E-state index in [1.807, 2.05) is 44.2 Å². The van der Waals surface area contributed by atoms with Gasteiger partial charge in [0.05, 0.1) is 16.6 Å². The second-order valence-electron chi connectivity index (χ2n) is 9.09. The lowest BCUT2D eigenvalue weighted by Crippen LogP contribution is -2.21. The highest BCUT2D eigenvalue weighted by molar-refractivity contribution is 5.91. The lowest BCUT2D eigenvalue weighted by molar-refractivity contribution is 0.627. The normalized spacial score (nSPS) is 13.5. The van der Waals surface area contributed by atoms with E-state index >= 15 is 0 Å². The molecule has 3 aromatic heterocycles. The van der Waals surface area contributed by atoms with Crippen LogP contribution in [0, 0.1) is 12.7 Å². The SMILES string of the molecule is C=C\C(=C/C(=C\C)C(/C)=C/C=c1/[nH]nc(-c2nc3c(-c4cc(C)cc(F)c4)nccc3[nH]2)c1=C)CNCC. The number of nitrogens with one attached hydrogen (secondary N) is 3. The lowest BCUT2D eigenvalue weighted by atomic mass is 10.0. The summed E-state index contributed by atoms with van der Waals surface area (Å²) in [5, 5.41) is 12.4. The van der Waals surface area contributed by atoms with Gasteiger partial charge in [-0.1, -0.05) is 44.4 Å². The van der Waals surface area contributed by atoms with Crippen LogP contribution in [0.1, 0.15) is 26.3 Å². The van der Waals surface area contributed by atoms with E-state index in [0.29, 0.717) is 28.3 Å². The summed E-state index contributed by atoms with van der Waals surface area (Å²) >= 11 is 0. The highest BCUT2D eigenvalue weighted by Crippen LogP contribution is 2.28. The van der Waals surface area contributed by atoms with Gasteiger partial charge < -0.3 is 10.3 Å². The van der Waals surface area contributed by atoms with Crippen molar-refractivity contribution in [2.75, 3.05) is 13.1 Å². The molecule has 0 aliphatic rings. The Morgan fingerprint density at radius 2 is 2.03 bits per heavy atom. The number of likely N-dealkylation sites (N-methyl/N-ethyl adjacent to an activating group) is 1. The highest BCUT2D eigenvalue weighted by atomic mass is 19.1. The van der Waals surface area contributed by atoms with E-state index in [9.17, 15) is 4.39 Å². The van der Waals surface area contributed by atoms with Crippen molar-refractivity contribution in [3.63, 3.8) is 0 Å². The third kappa shape index (κ3) is 5.79. The van der Waals surface area contributed by atoms with Crippen molar-refractivity contribution >= 4 is 23.7 Å². The van der Waals surface area contributed by atoms with E-state index < -0.39 is 0 Å². The molecule has 0 saturated carbocycles. The van der Waals surface area contributed by atoms with Gasteiger partial charge in [-0.3, -0.25) is 10.1 Å². The molecule has 1 aromatic carbocycles. The molecule has 0 spiro atoms. The predicted octanol–water partition coefficient (Wildman–Crippen LogP) is 5.27. The number of aromatic nitrogens is 5. The molecule has 3 N–H and O–H groups in total. The van der Waals surface area contributed by atoms with Crippen LogP contribution in [-0.2, 0) is 0 Å². The average molecular weight is 509 g/mol. The molecule has 0 unspecified atom stereocenters. The highest BCUT2D eigenvalue weighted by Gasteiger charge is 2.15. The van der Waals surface area contributed by atoms with Gasteiger partial charge in [-0.05, 0) is 79.9 Å². The number of H-pyrrole nitrogens is 2. The molecule has 0 saturated heterocycles. The Balaban J connectivity index is 1.68. The summed E-state index contributed by atoms with van der Waals surface area (Å²) in [4.78, 5) is 12.6. The molecular weight excluding hydrogens is 475 g/mol. The Morgan fingerprint density at radius 1 is 1.21 bits per heavy atom. The zero-order valence-corrected chi connectivity index (χ0v) is 22.3. The Hall–Kier alpha value is -4.36. The number of imidazole rings is 1. The number of halogens is 1. The van der Waals surface area contributed by atoms with E-state index in [-0.39, 0.29) is 5.82 Å². The molecule has 0 amide bonds. The van der Waals surface area contributed by atoms with Crippen LogP contribution in [0.15, 0.2) is 78.1 Å². The molecule has 0 aliphatic heterocycles.